The molecule has 0 aliphatic heterocycles. The van der Waals surface area contributed by atoms with Gasteiger partial charge in [0.2, 0.25) is 17.7 Å². The molecule has 0 saturated carbocycles. The van der Waals surface area contributed by atoms with E-state index < -0.39 is 34.7 Å². The van der Waals surface area contributed by atoms with E-state index in [1.165, 1.54) is 6.92 Å². The molecule has 3 amide bonds. The van der Waals surface area contributed by atoms with Crippen LogP contribution in [-0.2, 0) is 31.6 Å². The van der Waals surface area contributed by atoms with Crippen molar-refractivity contribution in [2.75, 3.05) is 5.75 Å². The summed E-state index contributed by atoms with van der Waals surface area (Å²) in [4.78, 5) is 36.7. The van der Waals surface area contributed by atoms with Gasteiger partial charge in [-0.05, 0) is 24.1 Å². The third-order valence-corrected chi connectivity index (χ3v) is 5.64. The van der Waals surface area contributed by atoms with Crippen LogP contribution in [0.2, 0.25) is 0 Å². The fraction of sp³-hybridized carbons (Fsp3) is 0.286. The van der Waals surface area contributed by atoms with E-state index in [0.29, 0.717) is 4.90 Å². The topological polar surface area (TPSA) is 118 Å². The zero-order valence-electron chi connectivity index (χ0n) is 16.2. The van der Waals surface area contributed by atoms with Crippen molar-refractivity contribution in [1.82, 2.24) is 10.6 Å². The van der Waals surface area contributed by atoms with Gasteiger partial charge >= 0.3 is 0 Å². The fourth-order valence-corrected chi connectivity index (χ4v) is 3.92. The minimum absolute atomic E-state index is 0.126. The second-order valence-electron chi connectivity index (χ2n) is 6.56. The molecule has 0 aliphatic rings. The molecule has 0 saturated heterocycles. The van der Waals surface area contributed by atoms with E-state index in [2.05, 4.69) is 10.6 Å². The van der Waals surface area contributed by atoms with Crippen LogP contribution < -0.4 is 16.4 Å². The van der Waals surface area contributed by atoms with E-state index in [1.807, 2.05) is 36.4 Å². The first-order valence-corrected chi connectivity index (χ1v) is 10.5. The van der Waals surface area contributed by atoms with Crippen molar-refractivity contribution in [1.29, 1.82) is 0 Å². The minimum Gasteiger partial charge on any atom is -0.368 e. The second-order valence-corrected chi connectivity index (χ2v) is 8.13. The van der Waals surface area contributed by atoms with E-state index in [9.17, 15) is 18.6 Å². The number of nitrogens with one attached hydrogen (secondary N) is 2. The summed E-state index contributed by atoms with van der Waals surface area (Å²) >= 11 is 0. The third-order valence-electron chi connectivity index (χ3n) is 4.23. The van der Waals surface area contributed by atoms with Gasteiger partial charge < -0.3 is 16.4 Å². The predicted octanol–water partition coefficient (Wildman–Crippen LogP) is 0.902. The summed E-state index contributed by atoms with van der Waals surface area (Å²) in [6.45, 7) is 1.32. The number of hydrogen-bond donors (Lipinski definition) is 3. The standard InChI is InChI=1S/C21H25N3O4S/c1-15(25)23-19(14-16-8-4-2-5-9-16)21(27)24-18(20(22)26)12-13-29(28)17-10-6-3-7-11-17/h2-11,18-19H,12-14H2,1H3,(H2,22,26)(H,23,25)(H,24,27)/t18-,19-,29+/m1/s1. The van der Waals surface area contributed by atoms with Crippen LogP contribution in [0.1, 0.15) is 18.9 Å². The lowest BCUT2D eigenvalue weighted by Gasteiger charge is -2.21. The van der Waals surface area contributed by atoms with Crippen LogP contribution in [-0.4, -0.2) is 39.8 Å². The van der Waals surface area contributed by atoms with Crippen molar-refractivity contribution in [3.63, 3.8) is 0 Å². The molecule has 0 radical (unpaired) electrons. The Kier molecular flexibility index (Phi) is 8.54. The first-order valence-electron chi connectivity index (χ1n) is 9.21. The van der Waals surface area contributed by atoms with Crippen LogP contribution in [0, 0.1) is 0 Å². The Bertz CT molecular complexity index is 859. The minimum atomic E-state index is -1.32. The summed E-state index contributed by atoms with van der Waals surface area (Å²) < 4.78 is 12.4. The number of carbonyl (C=O) groups is 3. The van der Waals surface area contributed by atoms with Crippen molar-refractivity contribution in [3.05, 3.63) is 66.2 Å². The average Bonchev–Trinajstić information content (AvgIpc) is 2.71. The number of carbonyl (C=O) groups excluding carboxylic acids is 3. The summed E-state index contributed by atoms with van der Waals surface area (Å²) in [5.41, 5.74) is 6.29. The molecule has 2 rings (SSSR count). The van der Waals surface area contributed by atoms with Crippen molar-refractivity contribution in [2.24, 2.45) is 5.73 Å². The molecular formula is C21H25N3O4S. The summed E-state index contributed by atoms with van der Waals surface area (Å²) in [6, 6.07) is 16.2. The zero-order valence-corrected chi connectivity index (χ0v) is 17.0. The molecule has 0 fully saturated rings. The Hall–Kier alpha value is -3.00. The molecule has 0 bridgehead atoms. The maximum absolute atomic E-state index is 12.7. The molecule has 4 N–H and O–H groups in total. The van der Waals surface area contributed by atoms with Crippen LogP contribution in [0.5, 0.6) is 0 Å². The summed E-state index contributed by atoms with van der Waals surface area (Å²) in [7, 11) is -1.32. The SMILES string of the molecule is CC(=O)N[C@H](Cc1ccccc1)C(=O)N[C@H](CC[S@](=O)c1ccccc1)C(N)=O. The average molecular weight is 416 g/mol. The first-order chi connectivity index (χ1) is 13.9. The Labute approximate surface area is 172 Å². The summed E-state index contributed by atoms with van der Waals surface area (Å²) in [5.74, 6) is -1.42. The molecule has 154 valence electrons. The highest BCUT2D eigenvalue weighted by Gasteiger charge is 2.25. The number of amides is 3. The lowest BCUT2D eigenvalue weighted by Crippen LogP contribution is -2.53. The Morgan fingerprint density at radius 2 is 1.52 bits per heavy atom. The fourth-order valence-electron chi connectivity index (χ4n) is 2.78. The third kappa shape index (κ3) is 7.50. The molecule has 0 aliphatic carbocycles. The molecule has 0 spiro atoms. The molecule has 0 heterocycles. The maximum Gasteiger partial charge on any atom is 0.243 e. The number of rotatable bonds is 10. The second kappa shape index (κ2) is 11.1. The molecule has 0 unspecified atom stereocenters. The molecule has 8 heteroatoms. The van der Waals surface area contributed by atoms with Crippen LogP contribution in [0.3, 0.4) is 0 Å². The smallest absolute Gasteiger partial charge is 0.243 e. The largest absolute Gasteiger partial charge is 0.368 e. The molecular weight excluding hydrogens is 390 g/mol. The molecule has 29 heavy (non-hydrogen) atoms. The summed E-state index contributed by atoms with van der Waals surface area (Å²) in [5, 5.41) is 5.19. The van der Waals surface area contributed by atoms with Gasteiger partial charge in [0.1, 0.15) is 12.1 Å². The highest BCUT2D eigenvalue weighted by atomic mass is 32.2. The number of benzene rings is 2. The number of hydrogen-bond acceptors (Lipinski definition) is 4. The maximum atomic E-state index is 12.7. The van der Waals surface area contributed by atoms with Crippen molar-refractivity contribution < 1.29 is 18.6 Å². The Balaban J connectivity index is 2.02. The zero-order chi connectivity index (χ0) is 21.2. The Morgan fingerprint density at radius 1 is 0.931 bits per heavy atom. The highest BCUT2D eigenvalue weighted by Crippen LogP contribution is 2.09. The van der Waals surface area contributed by atoms with Crippen LogP contribution in [0.15, 0.2) is 65.6 Å². The van der Waals surface area contributed by atoms with Gasteiger partial charge in [-0.3, -0.25) is 18.6 Å². The van der Waals surface area contributed by atoms with Crippen molar-refractivity contribution in [3.8, 4) is 0 Å². The van der Waals surface area contributed by atoms with Gasteiger partial charge in [-0.2, -0.15) is 0 Å². The van der Waals surface area contributed by atoms with Crippen molar-refractivity contribution in [2.45, 2.75) is 36.7 Å². The Morgan fingerprint density at radius 3 is 2.07 bits per heavy atom. The number of primary amides is 1. The van der Waals surface area contributed by atoms with Crippen LogP contribution >= 0.6 is 0 Å². The van der Waals surface area contributed by atoms with E-state index in [4.69, 9.17) is 5.73 Å². The monoisotopic (exact) mass is 415 g/mol. The molecule has 7 nitrogen and oxygen atoms in total. The van der Waals surface area contributed by atoms with Crippen LogP contribution in [0.4, 0.5) is 0 Å². The van der Waals surface area contributed by atoms with Gasteiger partial charge in [-0.25, -0.2) is 0 Å². The molecule has 0 aromatic heterocycles. The quantitative estimate of drug-likeness (QED) is 0.534. The highest BCUT2D eigenvalue weighted by molar-refractivity contribution is 7.85. The van der Waals surface area contributed by atoms with E-state index in [1.54, 1.807) is 24.3 Å². The lowest BCUT2D eigenvalue weighted by atomic mass is 10.0. The molecule has 3 atom stereocenters. The van der Waals surface area contributed by atoms with E-state index >= 15 is 0 Å². The van der Waals surface area contributed by atoms with Crippen molar-refractivity contribution >= 4 is 28.5 Å². The predicted molar refractivity (Wildman–Crippen MR) is 111 cm³/mol. The molecule has 2 aromatic rings. The van der Waals surface area contributed by atoms with Gasteiger partial charge in [0, 0.05) is 24.0 Å². The van der Waals surface area contributed by atoms with Gasteiger partial charge in [0.05, 0.1) is 10.8 Å². The van der Waals surface area contributed by atoms with Gasteiger partial charge in [0.25, 0.3) is 0 Å². The first kappa shape index (κ1) is 22.3. The van der Waals surface area contributed by atoms with E-state index in [0.717, 1.165) is 5.56 Å². The van der Waals surface area contributed by atoms with Gasteiger partial charge in [-0.1, -0.05) is 48.5 Å². The van der Waals surface area contributed by atoms with Gasteiger partial charge in [0.15, 0.2) is 0 Å². The van der Waals surface area contributed by atoms with Gasteiger partial charge in [-0.15, -0.1) is 0 Å². The lowest BCUT2D eigenvalue weighted by molar-refractivity contribution is -0.130. The van der Waals surface area contributed by atoms with Crippen LogP contribution in [0.25, 0.3) is 0 Å². The normalized spacial score (nSPS) is 13.7. The number of nitrogens with two attached hydrogens (primary N) is 1. The van der Waals surface area contributed by atoms with E-state index in [-0.39, 0.29) is 24.5 Å². The summed E-state index contributed by atoms with van der Waals surface area (Å²) in [6.07, 6.45) is 0.397. The molecule has 2 aromatic carbocycles.